The molecule has 1 heterocycles. The highest BCUT2D eigenvalue weighted by Gasteiger charge is 2.15. The molecule has 140 valence electrons. The average molecular weight is 386 g/mol. The highest BCUT2D eigenvalue weighted by molar-refractivity contribution is 7.16. The lowest BCUT2D eigenvalue weighted by Crippen LogP contribution is -2.22. The van der Waals surface area contributed by atoms with Crippen LogP contribution in [0, 0.1) is 0 Å². The van der Waals surface area contributed by atoms with Crippen molar-refractivity contribution in [1.29, 1.82) is 0 Å². The molecule has 3 rings (SSSR count). The molecule has 0 saturated carbocycles. The molecule has 0 saturated heterocycles. The number of carbonyl (C=O) groups excluding carboxylic acids is 2. The van der Waals surface area contributed by atoms with Crippen LogP contribution in [-0.2, 0) is 16.1 Å². The first-order chi connectivity index (χ1) is 13.1. The predicted octanol–water partition coefficient (Wildman–Crippen LogP) is 2.63. The number of rotatable bonds is 5. The first-order valence-corrected chi connectivity index (χ1v) is 8.85. The van der Waals surface area contributed by atoms with Gasteiger partial charge in [-0.3, -0.25) is 9.59 Å². The van der Waals surface area contributed by atoms with Crippen LogP contribution in [0.1, 0.15) is 10.4 Å². The van der Waals surface area contributed by atoms with Crippen molar-refractivity contribution < 1.29 is 23.8 Å². The predicted molar refractivity (Wildman–Crippen MR) is 101 cm³/mol. The van der Waals surface area contributed by atoms with Crippen LogP contribution in [-0.4, -0.2) is 37.8 Å². The number of thiazole rings is 1. The third-order valence-corrected chi connectivity index (χ3v) is 4.98. The first-order valence-electron chi connectivity index (χ1n) is 8.03. The second-order valence-corrected chi connectivity index (χ2v) is 6.51. The highest BCUT2D eigenvalue weighted by atomic mass is 32.1. The number of para-hydroxylation sites is 1. The fourth-order valence-corrected chi connectivity index (χ4v) is 3.64. The van der Waals surface area contributed by atoms with Crippen LogP contribution in [0.25, 0.3) is 10.2 Å². The summed E-state index contributed by atoms with van der Waals surface area (Å²) >= 11 is 1.29. The number of hydrogen-bond donors (Lipinski definition) is 0. The van der Waals surface area contributed by atoms with Crippen molar-refractivity contribution in [3.63, 3.8) is 0 Å². The number of esters is 1. The van der Waals surface area contributed by atoms with Gasteiger partial charge in [0.2, 0.25) is 0 Å². The SMILES string of the molecule is COC(=O)Cn1c(=NC(=O)c2ccccc2OC)sc2cc(OC)ccc21. The van der Waals surface area contributed by atoms with E-state index in [1.165, 1.54) is 25.6 Å². The van der Waals surface area contributed by atoms with Crippen LogP contribution in [0.2, 0.25) is 0 Å². The van der Waals surface area contributed by atoms with Crippen LogP contribution >= 0.6 is 11.3 Å². The van der Waals surface area contributed by atoms with E-state index >= 15 is 0 Å². The summed E-state index contributed by atoms with van der Waals surface area (Å²) in [5.74, 6) is 0.228. The van der Waals surface area contributed by atoms with Crippen molar-refractivity contribution in [2.45, 2.75) is 6.54 Å². The zero-order valence-corrected chi connectivity index (χ0v) is 15.9. The molecule has 27 heavy (non-hydrogen) atoms. The number of fused-ring (bicyclic) bond motifs is 1. The second kappa shape index (κ2) is 8.05. The molecule has 0 radical (unpaired) electrons. The minimum atomic E-state index is -0.454. The molecule has 3 aromatic rings. The van der Waals surface area contributed by atoms with E-state index < -0.39 is 11.9 Å². The number of amides is 1. The van der Waals surface area contributed by atoms with E-state index in [0.29, 0.717) is 21.9 Å². The van der Waals surface area contributed by atoms with Gasteiger partial charge in [-0.25, -0.2) is 0 Å². The molecule has 1 aromatic heterocycles. The summed E-state index contributed by atoms with van der Waals surface area (Å²) in [6.07, 6.45) is 0. The molecular weight excluding hydrogens is 368 g/mol. The Morgan fingerprint density at radius 2 is 1.85 bits per heavy atom. The molecule has 0 atom stereocenters. The fraction of sp³-hybridized carbons (Fsp3) is 0.211. The maximum atomic E-state index is 12.7. The second-order valence-electron chi connectivity index (χ2n) is 5.50. The van der Waals surface area contributed by atoms with Gasteiger partial charge in [-0.1, -0.05) is 23.5 Å². The van der Waals surface area contributed by atoms with Gasteiger partial charge in [0, 0.05) is 0 Å². The van der Waals surface area contributed by atoms with Gasteiger partial charge in [0.25, 0.3) is 5.91 Å². The number of hydrogen-bond acceptors (Lipinski definition) is 6. The third kappa shape index (κ3) is 3.85. The molecule has 0 unspecified atom stereocenters. The quantitative estimate of drug-likeness (QED) is 0.630. The molecule has 0 fully saturated rings. The molecule has 0 N–H and O–H groups in total. The normalized spacial score (nSPS) is 11.4. The Labute approximate surface area is 159 Å². The van der Waals surface area contributed by atoms with E-state index in [0.717, 1.165) is 10.2 Å². The molecular formula is C19H18N2O5S. The molecule has 0 bridgehead atoms. The molecule has 7 nitrogen and oxygen atoms in total. The Hall–Kier alpha value is -3.13. The van der Waals surface area contributed by atoms with Gasteiger partial charge in [-0.2, -0.15) is 4.99 Å². The topological polar surface area (TPSA) is 79.1 Å². The monoisotopic (exact) mass is 386 g/mol. The fourth-order valence-electron chi connectivity index (χ4n) is 2.58. The van der Waals surface area contributed by atoms with E-state index in [2.05, 4.69) is 4.99 Å². The third-order valence-electron chi connectivity index (χ3n) is 3.94. The number of ether oxygens (including phenoxy) is 3. The minimum absolute atomic E-state index is 0.0547. The van der Waals surface area contributed by atoms with E-state index in [4.69, 9.17) is 14.2 Å². The summed E-state index contributed by atoms with van der Waals surface area (Å²) in [4.78, 5) is 29.2. The van der Waals surface area contributed by atoms with Crippen molar-refractivity contribution in [2.75, 3.05) is 21.3 Å². The number of aromatic nitrogens is 1. The average Bonchev–Trinajstić information content (AvgIpc) is 3.03. The summed E-state index contributed by atoms with van der Waals surface area (Å²) in [6.45, 7) is -0.0547. The van der Waals surface area contributed by atoms with E-state index in [1.807, 2.05) is 12.1 Å². The number of nitrogens with zero attached hydrogens (tertiary/aromatic N) is 2. The van der Waals surface area contributed by atoms with E-state index in [1.54, 1.807) is 42.0 Å². The van der Waals surface area contributed by atoms with Gasteiger partial charge >= 0.3 is 5.97 Å². The summed E-state index contributed by atoms with van der Waals surface area (Å²) in [5.41, 5.74) is 1.11. The summed E-state index contributed by atoms with van der Waals surface area (Å²) < 4.78 is 17.7. The Kier molecular flexibility index (Phi) is 5.56. The van der Waals surface area contributed by atoms with Gasteiger partial charge in [0.05, 0.1) is 37.1 Å². The maximum absolute atomic E-state index is 12.7. The zero-order chi connectivity index (χ0) is 19.4. The van der Waals surface area contributed by atoms with E-state index in [-0.39, 0.29) is 6.54 Å². The molecule has 1 amide bonds. The molecule has 0 aliphatic carbocycles. The molecule has 8 heteroatoms. The minimum Gasteiger partial charge on any atom is -0.497 e. The van der Waals surface area contributed by atoms with Gasteiger partial charge < -0.3 is 18.8 Å². The standard InChI is InChI=1S/C19H18N2O5S/c1-24-12-8-9-14-16(10-12)27-19(21(14)11-17(22)26-3)20-18(23)13-6-4-5-7-15(13)25-2/h4-10H,11H2,1-3H3. The summed E-state index contributed by atoms with van der Waals surface area (Å²) in [5, 5.41) is 0. The molecule has 0 spiro atoms. The van der Waals surface area contributed by atoms with Crippen molar-refractivity contribution in [2.24, 2.45) is 4.99 Å². The van der Waals surface area contributed by atoms with Crippen LogP contribution < -0.4 is 14.3 Å². The molecule has 0 aliphatic rings. The van der Waals surface area contributed by atoms with Crippen LogP contribution in [0.3, 0.4) is 0 Å². The lowest BCUT2D eigenvalue weighted by atomic mass is 10.2. The van der Waals surface area contributed by atoms with Crippen LogP contribution in [0.4, 0.5) is 0 Å². The van der Waals surface area contributed by atoms with Gasteiger partial charge in [0.1, 0.15) is 18.0 Å². The van der Waals surface area contributed by atoms with Crippen molar-refractivity contribution in [3.05, 3.63) is 52.8 Å². The van der Waals surface area contributed by atoms with Gasteiger partial charge in [0.15, 0.2) is 4.80 Å². The Morgan fingerprint density at radius 1 is 1.07 bits per heavy atom. The van der Waals surface area contributed by atoms with Crippen LogP contribution in [0.5, 0.6) is 11.5 Å². The largest absolute Gasteiger partial charge is 0.497 e. The smallest absolute Gasteiger partial charge is 0.325 e. The van der Waals surface area contributed by atoms with Gasteiger partial charge in [-0.15, -0.1) is 0 Å². The Morgan fingerprint density at radius 3 is 2.56 bits per heavy atom. The number of benzene rings is 2. The van der Waals surface area contributed by atoms with E-state index in [9.17, 15) is 9.59 Å². The zero-order valence-electron chi connectivity index (χ0n) is 15.1. The summed E-state index contributed by atoms with van der Waals surface area (Å²) in [6, 6.07) is 12.3. The highest BCUT2D eigenvalue weighted by Crippen LogP contribution is 2.24. The number of methoxy groups -OCH3 is 3. The number of carbonyl (C=O) groups is 2. The van der Waals surface area contributed by atoms with Crippen molar-refractivity contribution in [3.8, 4) is 11.5 Å². The maximum Gasteiger partial charge on any atom is 0.325 e. The van der Waals surface area contributed by atoms with Crippen molar-refractivity contribution >= 4 is 33.4 Å². The first kappa shape index (κ1) is 18.7. The van der Waals surface area contributed by atoms with Gasteiger partial charge in [-0.05, 0) is 30.3 Å². The summed E-state index contributed by atoms with van der Waals surface area (Å²) in [7, 11) is 4.39. The van der Waals surface area contributed by atoms with Crippen LogP contribution in [0.15, 0.2) is 47.5 Å². The Bertz CT molecular complexity index is 1070. The molecule has 0 aliphatic heterocycles. The van der Waals surface area contributed by atoms with Crippen molar-refractivity contribution in [1.82, 2.24) is 4.57 Å². The lowest BCUT2D eigenvalue weighted by Gasteiger charge is -2.05. The lowest BCUT2D eigenvalue weighted by molar-refractivity contribution is -0.141. The Balaban J connectivity index is 2.16. The molecule has 2 aromatic carbocycles.